The summed E-state index contributed by atoms with van der Waals surface area (Å²) in [6, 6.07) is 0. The van der Waals surface area contributed by atoms with Crippen molar-refractivity contribution in [2.45, 2.75) is 32.6 Å². The van der Waals surface area contributed by atoms with Crippen LogP contribution in [-0.2, 0) is 11.0 Å². The predicted octanol–water partition coefficient (Wildman–Crippen LogP) is 1.67. The van der Waals surface area contributed by atoms with Crippen LogP contribution in [0.1, 0.15) is 32.0 Å². The van der Waals surface area contributed by atoms with Gasteiger partial charge in [-0.1, -0.05) is 19.8 Å². The van der Waals surface area contributed by atoms with E-state index in [4.69, 9.17) is 5.73 Å². The van der Waals surface area contributed by atoms with Crippen LogP contribution in [-0.4, -0.2) is 52.1 Å². The van der Waals surface area contributed by atoms with Gasteiger partial charge in [0.05, 0.1) is 0 Å². The van der Waals surface area contributed by atoms with Crippen molar-refractivity contribution in [3.63, 3.8) is 0 Å². The molecule has 0 aliphatic heterocycles. The van der Waals surface area contributed by atoms with Gasteiger partial charge in [0.15, 0.2) is 5.82 Å². The second-order valence-electron chi connectivity index (χ2n) is 4.94. The first-order valence-electron chi connectivity index (χ1n) is 6.52. The van der Waals surface area contributed by atoms with E-state index in [1.165, 1.54) is 4.45 Å². The van der Waals surface area contributed by atoms with Crippen molar-refractivity contribution in [3.8, 4) is 0 Å². The zero-order valence-corrected chi connectivity index (χ0v) is 13.4. The number of unbranched alkanes of at least 4 members (excludes halogenated alkanes) is 2. The van der Waals surface area contributed by atoms with Crippen LogP contribution in [0.15, 0.2) is 0 Å². The summed E-state index contributed by atoms with van der Waals surface area (Å²) in [7, 11) is 4.01. The van der Waals surface area contributed by atoms with Crippen molar-refractivity contribution in [1.82, 2.24) is 23.9 Å². The molecular weight excluding hydrogens is 263 g/mol. The molecule has 1 heterocycles. The third-order valence-electron chi connectivity index (χ3n) is 2.95. The van der Waals surface area contributed by atoms with Crippen molar-refractivity contribution in [3.05, 3.63) is 5.82 Å². The summed E-state index contributed by atoms with van der Waals surface area (Å²) in [6.07, 6.45) is 4.07. The minimum atomic E-state index is -2.99. The lowest BCUT2D eigenvalue weighted by Crippen LogP contribution is -2.27. The number of nitrogen functional groups attached to an aromatic ring is 1. The second-order valence-corrected chi connectivity index (χ2v) is 7.95. The SMILES string of the molecule is CCCCCc1nc(N)n(P(=O)(N(C)C)N(C)C)n1. The maximum absolute atomic E-state index is 13.0. The molecule has 110 valence electrons. The molecule has 2 N–H and O–H groups in total. The molecular formula is C11H25N6OP. The van der Waals surface area contributed by atoms with E-state index in [2.05, 4.69) is 17.0 Å². The molecule has 0 radical (unpaired) electrons. The molecule has 0 aromatic carbocycles. The quantitative estimate of drug-likeness (QED) is 0.607. The number of hydrogen-bond acceptors (Lipinski definition) is 4. The van der Waals surface area contributed by atoms with Gasteiger partial charge < -0.3 is 5.73 Å². The van der Waals surface area contributed by atoms with Crippen LogP contribution < -0.4 is 5.73 Å². The molecule has 8 heteroatoms. The topological polar surface area (TPSA) is 80.3 Å². The van der Waals surface area contributed by atoms with Crippen molar-refractivity contribution < 1.29 is 4.57 Å². The zero-order valence-electron chi connectivity index (χ0n) is 12.5. The largest absolute Gasteiger partial charge is 0.368 e. The van der Waals surface area contributed by atoms with Gasteiger partial charge in [-0.05, 0) is 34.6 Å². The molecule has 1 aromatic heterocycles. The molecule has 0 bridgehead atoms. The zero-order chi connectivity index (χ0) is 14.6. The molecule has 1 aromatic rings. The van der Waals surface area contributed by atoms with Crippen molar-refractivity contribution in [2.24, 2.45) is 0 Å². The summed E-state index contributed by atoms with van der Waals surface area (Å²) in [6.45, 7) is 2.15. The Balaban J connectivity index is 3.03. The average Bonchev–Trinajstić information content (AvgIpc) is 2.69. The number of anilines is 1. The Morgan fingerprint density at radius 2 is 1.79 bits per heavy atom. The summed E-state index contributed by atoms with van der Waals surface area (Å²) < 4.78 is 17.6. The van der Waals surface area contributed by atoms with Gasteiger partial charge in [-0.25, -0.2) is 9.34 Å². The maximum atomic E-state index is 13.0. The third kappa shape index (κ3) is 3.35. The summed E-state index contributed by atoms with van der Waals surface area (Å²) in [4.78, 5) is 4.22. The minimum Gasteiger partial charge on any atom is -0.368 e. The summed E-state index contributed by atoms with van der Waals surface area (Å²) in [5.41, 5.74) is 5.87. The van der Waals surface area contributed by atoms with Crippen LogP contribution >= 0.6 is 7.59 Å². The van der Waals surface area contributed by atoms with Crippen molar-refractivity contribution in [2.75, 3.05) is 33.9 Å². The average molecular weight is 288 g/mol. The highest BCUT2D eigenvalue weighted by molar-refractivity contribution is 7.57. The van der Waals surface area contributed by atoms with Crippen LogP contribution in [0.25, 0.3) is 0 Å². The van der Waals surface area contributed by atoms with E-state index < -0.39 is 7.59 Å². The molecule has 0 atom stereocenters. The molecule has 0 fully saturated rings. The normalized spacial score (nSPS) is 12.6. The fraction of sp³-hybridized carbons (Fsp3) is 0.818. The Hall–Kier alpha value is -0.910. The Bertz CT molecular complexity index is 444. The maximum Gasteiger partial charge on any atom is 0.332 e. The predicted molar refractivity (Wildman–Crippen MR) is 78.0 cm³/mol. The van der Waals surface area contributed by atoms with E-state index in [9.17, 15) is 4.57 Å². The van der Waals surface area contributed by atoms with Gasteiger partial charge in [0, 0.05) is 6.42 Å². The number of nitrogens with zero attached hydrogens (tertiary/aromatic N) is 5. The van der Waals surface area contributed by atoms with E-state index in [0.717, 1.165) is 25.7 Å². The number of aryl methyl sites for hydroxylation is 1. The van der Waals surface area contributed by atoms with Gasteiger partial charge in [-0.2, -0.15) is 9.44 Å². The molecule has 0 aliphatic carbocycles. The first-order chi connectivity index (χ1) is 8.83. The van der Waals surface area contributed by atoms with E-state index in [1.807, 2.05) is 0 Å². The van der Waals surface area contributed by atoms with Crippen molar-refractivity contribution >= 4 is 13.5 Å². The standard InChI is InChI=1S/C11H25N6OP/c1-6-7-8-9-10-13-11(12)17(14-10)19(18,15(2)3)16(4)5/h6-9H2,1-5H3,(H2,12,13,14). The van der Waals surface area contributed by atoms with Crippen LogP contribution in [0, 0.1) is 0 Å². The van der Waals surface area contributed by atoms with Gasteiger partial charge in [0.1, 0.15) is 0 Å². The molecule has 0 unspecified atom stereocenters. The first-order valence-corrected chi connectivity index (χ1v) is 8.08. The molecule has 1 rings (SSSR count). The van der Waals surface area contributed by atoms with E-state index in [1.54, 1.807) is 37.5 Å². The third-order valence-corrected chi connectivity index (χ3v) is 5.82. The molecule has 19 heavy (non-hydrogen) atoms. The van der Waals surface area contributed by atoms with Crippen LogP contribution in [0.5, 0.6) is 0 Å². The van der Waals surface area contributed by atoms with Gasteiger partial charge in [-0.15, -0.1) is 5.10 Å². The first kappa shape index (κ1) is 16.1. The molecule has 0 spiro atoms. The number of rotatable bonds is 7. The second kappa shape index (κ2) is 6.50. The lowest BCUT2D eigenvalue weighted by Gasteiger charge is -2.29. The van der Waals surface area contributed by atoms with E-state index >= 15 is 0 Å². The molecule has 0 saturated heterocycles. The lowest BCUT2D eigenvalue weighted by molar-refractivity contribution is 0.431. The Morgan fingerprint density at radius 1 is 1.21 bits per heavy atom. The monoisotopic (exact) mass is 288 g/mol. The highest BCUT2D eigenvalue weighted by atomic mass is 31.2. The number of hydrogen-bond donors (Lipinski definition) is 1. The van der Waals surface area contributed by atoms with Crippen LogP contribution in [0.4, 0.5) is 5.95 Å². The fourth-order valence-electron chi connectivity index (χ4n) is 1.89. The Kier molecular flexibility index (Phi) is 5.52. The van der Waals surface area contributed by atoms with Gasteiger partial charge >= 0.3 is 7.59 Å². The summed E-state index contributed by atoms with van der Waals surface area (Å²) in [5.74, 6) is 0.868. The van der Waals surface area contributed by atoms with E-state index in [0.29, 0.717) is 5.82 Å². The number of nitrogens with two attached hydrogens (primary N) is 1. The van der Waals surface area contributed by atoms with Gasteiger partial charge in [0.2, 0.25) is 5.95 Å². The number of aromatic nitrogens is 3. The minimum absolute atomic E-state index is 0.206. The highest BCUT2D eigenvalue weighted by Crippen LogP contribution is 2.51. The van der Waals surface area contributed by atoms with Crippen LogP contribution in [0.3, 0.4) is 0 Å². The Morgan fingerprint density at radius 3 is 2.26 bits per heavy atom. The van der Waals surface area contributed by atoms with Crippen molar-refractivity contribution in [1.29, 1.82) is 0 Å². The van der Waals surface area contributed by atoms with Gasteiger partial charge in [0.25, 0.3) is 0 Å². The fourth-order valence-corrected chi connectivity index (χ4v) is 3.81. The smallest absolute Gasteiger partial charge is 0.332 e. The molecule has 0 amide bonds. The van der Waals surface area contributed by atoms with E-state index in [-0.39, 0.29) is 5.95 Å². The Labute approximate surface area is 115 Å². The van der Waals surface area contributed by atoms with Gasteiger partial charge in [-0.3, -0.25) is 4.57 Å². The molecule has 0 saturated carbocycles. The highest BCUT2D eigenvalue weighted by Gasteiger charge is 2.34. The molecule has 0 aliphatic rings. The molecule has 7 nitrogen and oxygen atoms in total. The lowest BCUT2D eigenvalue weighted by atomic mass is 10.2. The van der Waals surface area contributed by atoms with Crippen LogP contribution in [0.2, 0.25) is 0 Å². The summed E-state index contributed by atoms with van der Waals surface area (Å²) in [5, 5.41) is 4.33. The summed E-state index contributed by atoms with van der Waals surface area (Å²) >= 11 is 0.